The van der Waals surface area contributed by atoms with Crippen molar-refractivity contribution in [1.82, 2.24) is 0 Å². The smallest absolute Gasteiger partial charge is 0.0298 e. The summed E-state index contributed by atoms with van der Waals surface area (Å²) in [6.07, 6.45) is 2.23. The van der Waals surface area contributed by atoms with Crippen molar-refractivity contribution in [2.75, 3.05) is 0 Å². The second kappa shape index (κ2) is 4.82. The van der Waals surface area contributed by atoms with Gasteiger partial charge >= 0.3 is 0 Å². The third-order valence-corrected chi connectivity index (χ3v) is 4.47. The number of benzene rings is 2. The highest BCUT2D eigenvalue weighted by atomic mass is 14.6. The molecule has 0 radical (unpaired) electrons. The van der Waals surface area contributed by atoms with Gasteiger partial charge in [0.15, 0.2) is 0 Å². The number of fused-ring (bicyclic) bond motifs is 1. The van der Waals surface area contributed by atoms with Gasteiger partial charge in [0.2, 0.25) is 0 Å². The molecule has 2 aromatic carbocycles. The van der Waals surface area contributed by atoms with E-state index in [9.17, 15) is 0 Å². The Bertz CT molecular complexity index is 600. The molecule has 1 nitrogen and oxygen atoms in total. The third kappa shape index (κ3) is 2.19. The van der Waals surface area contributed by atoms with Crippen LogP contribution in [0.2, 0.25) is 0 Å². The number of aryl methyl sites for hydroxylation is 2. The summed E-state index contributed by atoms with van der Waals surface area (Å²) in [4.78, 5) is 0. The summed E-state index contributed by atoms with van der Waals surface area (Å²) < 4.78 is 0. The van der Waals surface area contributed by atoms with Gasteiger partial charge in [0.1, 0.15) is 0 Å². The third-order valence-electron chi connectivity index (χ3n) is 4.47. The normalized spacial score (nSPS) is 22.1. The largest absolute Gasteiger partial charge is 0.324 e. The molecule has 0 aromatic heterocycles. The van der Waals surface area contributed by atoms with Crippen molar-refractivity contribution in [1.29, 1.82) is 0 Å². The Morgan fingerprint density at radius 1 is 0.895 bits per heavy atom. The van der Waals surface area contributed by atoms with Gasteiger partial charge in [-0.25, -0.2) is 0 Å². The summed E-state index contributed by atoms with van der Waals surface area (Å²) in [5.74, 6) is 0.510. The summed E-state index contributed by atoms with van der Waals surface area (Å²) in [6.45, 7) is 4.36. The van der Waals surface area contributed by atoms with Crippen LogP contribution in [0.4, 0.5) is 0 Å². The van der Waals surface area contributed by atoms with Crippen molar-refractivity contribution < 1.29 is 0 Å². The molecule has 0 spiro atoms. The molecule has 3 rings (SSSR count). The van der Waals surface area contributed by atoms with Crippen LogP contribution in [0.25, 0.3) is 0 Å². The minimum atomic E-state index is 0.207. The zero-order valence-corrected chi connectivity index (χ0v) is 11.7. The fourth-order valence-corrected chi connectivity index (χ4v) is 3.15. The van der Waals surface area contributed by atoms with Crippen molar-refractivity contribution in [3.05, 3.63) is 70.3 Å². The maximum atomic E-state index is 6.24. The first kappa shape index (κ1) is 12.4. The van der Waals surface area contributed by atoms with Crippen molar-refractivity contribution in [3.8, 4) is 0 Å². The van der Waals surface area contributed by atoms with Crippen LogP contribution in [0.3, 0.4) is 0 Å². The van der Waals surface area contributed by atoms with Crippen LogP contribution in [0.5, 0.6) is 0 Å². The van der Waals surface area contributed by atoms with E-state index in [1.54, 1.807) is 0 Å². The summed E-state index contributed by atoms with van der Waals surface area (Å²) in [7, 11) is 0. The number of nitrogens with two attached hydrogens (primary N) is 1. The average molecular weight is 251 g/mol. The highest BCUT2D eigenvalue weighted by Gasteiger charge is 2.25. The van der Waals surface area contributed by atoms with E-state index >= 15 is 0 Å². The average Bonchev–Trinajstić information content (AvgIpc) is 2.43. The Hall–Kier alpha value is -1.60. The molecule has 0 fully saturated rings. The lowest BCUT2D eigenvalue weighted by Gasteiger charge is -2.30. The first-order valence-corrected chi connectivity index (χ1v) is 7.08. The Morgan fingerprint density at radius 3 is 2.37 bits per heavy atom. The fourth-order valence-electron chi connectivity index (χ4n) is 3.15. The molecule has 0 saturated carbocycles. The molecular formula is C18H21N. The van der Waals surface area contributed by atoms with E-state index in [0.29, 0.717) is 5.92 Å². The molecule has 19 heavy (non-hydrogen) atoms. The van der Waals surface area contributed by atoms with Crippen LogP contribution in [0, 0.1) is 13.8 Å². The van der Waals surface area contributed by atoms with Gasteiger partial charge in [-0.2, -0.15) is 0 Å². The molecule has 1 aliphatic rings. The predicted octanol–water partition coefficient (Wildman–Crippen LogP) is 4.23. The molecule has 1 aliphatic carbocycles. The SMILES string of the molecule is Cc1ccc([C@@H]2CC[C@@H](N)c3ccccc32)cc1C. The molecule has 0 aliphatic heterocycles. The topological polar surface area (TPSA) is 26.0 Å². The van der Waals surface area contributed by atoms with Crippen LogP contribution in [-0.2, 0) is 0 Å². The monoisotopic (exact) mass is 251 g/mol. The molecule has 0 saturated heterocycles. The predicted molar refractivity (Wildman–Crippen MR) is 80.4 cm³/mol. The van der Waals surface area contributed by atoms with Gasteiger partial charge < -0.3 is 5.73 Å². The molecular weight excluding hydrogens is 230 g/mol. The van der Waals surface area contributed by atoms with Crippen LogP contribution >= 0.6 is 0 Å². The van der Waals surface area contributed by atoms with Gasteiger partial charge in [0, 0.05) is 12.0 Å². The summed E-state index contributed by atoms with van der Waals surface area (Å²) in [5, 5.41) is 0. The van der Waals surface area contributed by atoms with E-state index in [1.807, 2.05) is 0 Å². The molecule has 0 amide bonds. The van der Waals surface area contributed by atoms with E-state index in [2.05, 4.69) is 56.3 Å². The van der Waals surface area contributed by atoms with Gasteiger partial charge in [-0.1, -0.05) is 42.5 Å². The Balaban J connectivity index is 2.07. The maximum Gasteiger partial charge on any atom is 0.0298 e. The van der Waals surface area contributed by atoms with Gasteiger partial charge in [0.05, 0.1) is 0 Å². The zero-order valence-electron chi connectivity index (χ0n) is 11.7. The highest BCUT2D eigenvalue weighted by Crippen LogP contribution is 2.40. The lowest BCUT2D eigenvalue weighted by molar-refractivity contribution is 0.530. The first-order valence-electron chi connectivity index (χ1n) is 7.08. The Labute approximate surface area is 115 Å². The van der Waals surface area contributed by atoms with Crippen molar-refractivity contribution in [2.24, 2.45) is 5.73 Å². The Morgan fingerprint density at radius 2 is 1.63 bits per heavy atom. The molecule has 0 heterocycles. The number of rotatable bonds is 1. The second-order valence-corrected chi connectivity index (χ2v) is 5.71. The fraction of sp³-hybridized carbons (Fsp3) is 0.333. The molecule has 2 atom stereocenters. The van der Waals surface area contributed by atoms with E-state index < -0.39 is 0 Å². The van der Waals surface area contributed by atoms with Gasteiger partial charge in [-0.3, -0.25) is 0 Å². The molecule has 98 valence electrons. The van der Waals surface area contributed by atoms with E-state index in [0.717, 1.165) is 12.8 Å². The standard InChI is InChI=1S/C18H21N/c1-12-7-8-14(11-13(12)2)15-9-10-18(19)17-6-4-3-5-16(15)17/h3-8,11,15,18H,9-10,19H2,1-2H3/t15-,18+/m0/s1. The van der Waals surface area contributed by atoms with E-state index in [4.69, 9.17) is 5.73 Å². The van der Waals surface area contributed by atoms with Crippen molar-refractivity contribution in [3.63, 3.8) is 0 Å². The van der Waals surface area contributed by atoms with E-state index in [1.165, 1.54) is 27.8 Å². The first-order chi connectivity index (χ1) is 9.16. The lowest BCUT2D eigenvalue weighted by atomic mass is 9.76. The summed E-state index contributed by atoms with van der Waals surface area (Å²) in [6, 6.07) is 15.7. The van der Waals surface area contributed by atoms with Gasteiger partial charge in [-0.15, -0.1) is 0 Å². The zero-order chi connectivity index (χ0) is 13.4. The number of hydrogen-bond donors (Lipinski definition) is 1. The number of hydrogen-bond acceptors (Lipinski definition) is 1. The molecule has 0 unspecified atom stereocenters. The highest BCUT2D eigenvalue weighted by molar-refractivity contribution is 5.43. The quantitative estimate of drug-likeness (QED) is 0.806. The summed E-state index contributed by atoms with van der Waals surface area (Å²) in [5.41, 5.74) is 13.2. The minimum absolute atomic E-state index is 0.207. The Kier molecular flexibility index (Phi) is 3.16. The van der Waals surface area contributed by atoms with Crippen LogP contribution in [-0.4, -0.2) is 0 Å². The molecule has 2 N–H and O–H groups in total. The molecule has 1 heteroatoms. The van der Waals surface area contributed by atoms with Crippen LogP contribution in [0.1, 0.15) is 52.6 Å². The molecule has 2 aromatic rings. The van der Waals surface area contributed by atoms with Crippen LogP contribution < -0.4 is 5.73 Å². The van der Waals surface area contributed by atoms with Gasteiger partial charge in [-0.05, 0) is 54.5 Å². The van der Waals surface area contributed by atoms with Crippen LogP contribution in [0.15, 0.2) is 42.5 Å². The maximum absolute atomic E-state index is 6.24. The summed E-state index contributed by atoms with van der Waals surface area (Å²) >= 11 is 0. The van der Waals surface area contributed by atoms with Crippen molar-refractivity contribution in [2.45, 2.75) is 38.6 Å². The minimum Gasteiger partial charge on any atom is -0.324 e. The van der Waals surface area contributed by atoms with Gasteiger partial charge in [0.25, 0.3) is 0 Å². The van der Waals surface area contributed by atoms with E-state index in [-0.39, 0.29) is 6.04 Å². The second-order valence-electron chi connectivity index (χ2n) is 5.71. The molecule has 0 bridgehead atoms. The van der Waals surface area contributed by atoms with Crippen molar-refractivity contribution >= 4 is 0 Å². The lowest BCUT2D eigenvalue weighted by Crippen LogP contribution is -2.21.